The van der Waals surface area contributed by atoms with E-state index >= 15 is 0 Å². The molecule has 0 aliphatic heterocycles. The molecule has 0 radical (unpaired) electrons. The molecule has 1 atom stereocenters. The molecule has 3 N–H and O–H groups in total. The van der Waals surface area contributed by atoms with Crippen molar-refractivity contribution < 1.29 is 9.59 Å². The van der Waals surface area contributed by atoms with Crippen LogP contribution in [-0.4, -0.2) is 23.7 Å². The molecular formula is C24H27N3O2S3. The SMILES string of the molecule is O=C(NC(CCCCNS)C(=O)Nc1cccc(-c2cccs2)c1)SCc1ccccc1. The van der Waals surface area contributed by atoms with Gasteiger partial charge in [-0.1, -0.05) is 73.1 Å². The molecule has 0 aliphatic rings. The average molecular weight is 486 g/mol. The molecule has 5 nitrogen and oxygen atoms in total. The van der Waals surface area contributed by atoms with Crippen LogP contribution in [0.1, 0.15) is 24.8 Å². The predicted octanol–water partition coefficient (Wildman–Crippen LogP) is 5.97. The highest BCUT2D eigenvalue weighted by Crippen LogP contribution is 2.27. The summed E-state index contributed by atoms with van der Waals surface area (Å²) in [5.41, 5.74) is 2.84. The lowest BCUT2D eigenvalue weighted by molar-refractivity contribution is -0.118. The van der Waals surface area contributed by atoms with Crippen molar-refractivity contribution in [1.82, 2.24) is 10.0 Å². The first-order chi connectivity index (χ1) is 15.7. The van der Waals surface area contributed by atoms with Crippen LogP contribution in [0.2, 0.25) is 0 Å². The monoisotopic (exact) mass is 485 g/mol. The fourth-order valence-corrected chi connectivity index (χ4v) is 4.75. The third kappa shape index (κ3) is 8.02. The summed E-state index contributed by atoms with van der Waals surface area (Å²) in [6.07, 6.45) is 2.22. The summed E-state index contributed by atoms with van der Waals surface area (Å²) in [4.78, 5) is 26.7. The van der Waals surface area contributed by atoms with Crippen LogP contribution >= 0.6 is 35.9 Å². The molecule has 0 saturated carbocycles. The maximum atomic E-state index is 13.0. The fraction of sp³-hybridized carbons (Fsp3) is 0.250. The minimum atomic E-state index is -0.601. The van der Waals surface area contributed by atoms with Crippen molar-refractivity contribution in [3.05, 3.63) is 77.7 Å². The van der Waals surface area contributed by atoms with Gasteiger partial charge in [0.15, 0.2) is 0 Å². The maximum Gasteiger partial charge on any atom is 0.280 e. The Bertz CT molecular complexity index is 981. The molecule has 2 aromatic carbocycles. The molecule has 168 valence electrons. The second-order valence-corrected chi connectivity index (χ2v) is 9.42. The van der Waals surface area contributed by atoms with Gasteiger partial charge in [0.05, 0.1) is 0 Å². The van der Waals surface area contributed by atoms with Gasteiger partial charge >= 0.3 is 0 Å². The first kappa shape index (κ1) is 24.4. The van der Waals surface area contributed by atoms with Crippen molar-refractivity contribution in [2.45, 2.75) is 31.1 Å². The average Bonchev–Trinajstić information content (AvgIpc) is 3.36. The Morgan fingerprint density at radius 3 is 2.59 bits per heavy atom. The number of carbonyl (C=O) groups excluding carboxylic acids is 2. The van der Waals surface area contributed by atoms with Crippen molar-refractivity contribution in [1.29, 1.82) is 0 Å². The Labute approximate surface area is 202 Å². The van der Waals surface area contributed by atoms with Crippen LogP contribution in [0.3, 0.4) is 0 Å². The number of benzene rings is 2. The number of thiophene rings is 1. The second kappa shape index (κ2) is 13.3. The molecule has 3 aromatic rings. The number of nitrogens with one attached hydrogen (secondary N) is 3. The molecule has 1 heterocycles. The highest BCUT2D eigenvalue weighted by Gasteiger charge is 2.21. The molecular weight excluding hydrogens is 458 g/mol. The van der Waals surface area contributed by atoms with E-state index in [2.05, 4.69) is 28.2 Å². The van der Waals surface area contributed by atoms with Gasteiger partial charge in [-0.05, 0) is 54.0 Å². The van der Waals surface area contributed by atoms with Crippen LogP contribution in [0, 0.1) is 0 Å². The smallest absolute Gasteiger partial charge is 0.280 e. The van der Waals surface area contributed by atoms with E-state index in [-0.39, 0.29) is 11.1 Å². The Morgan fingerprint density at radius 2 is 1.84 bits per heavy atom. The number of hydrogen-bond acceptors (Lipinski definition) is 6. The number of thioether (sulfide) groups is 1. The topological polar surface area (TPSA) is 70.2 Å². The van der Waals surface area contributed by atoms with Crippen molar-refractivity contribution in [3.8, 4) is 10.4 Å². The van der Waals surface area contributed by atoms with E-state index in [1.807, 2.05) is 72.1 Å². The van der Waals surface area contributed by atoms with Gasteiger partial charge in [0.1, 0.15) is 6.04 Å². The molecule has 2 amide bonds. The summed E-state index contributed by atoms with van der Waals surface area (Å²) < 4.78 is 2.81. The first-order valence-corrected chi connectivity index (χ1v) is 12.8. The Balaban J connectivity index is 1.61. The molecule has 1 aromatic heterocycles. The van der Waals surface area contributed by atoms with E-state index in [4.69, 9.17) is 0 Å². The maximum absolute atomic E-state index is 13.0. The van der Waals surface area contributed by atoms with Gasteiger partial charge in [0.2, 0.25) is 5.91 Å². The van der Waals surface area contributed by atoms with Crippen LogP contribution in [0.4, 0.5) is 10.5 Å². The number of amides is 2. The number of rotatable bonds is 11. The van der Waals surface area contributed by atoms with Gasteiger partial charge in [-0.15, -0.1) is 11.3 Å². The zero-order valence-corrected chi connectivity index (χ0v) is 20.1. The number of thiol groups is 1. The number of hydrogen-bond donors (Lipinski definition) is 4. The fourth-order valence-electron chi connectivity index (χ4n) is 3.15. The summed E-state index contributed by atoms with van der Waals surface area (Å²) in [5, 5.41) is 7.70. The zero-order valence-electron chi connectivity index (χ0n) is 17.6. The van der Waals surface area contributed by atoms with Crippen LogP contribution in [0.15, 0.2) is 72.1 Å². The highest BCUT2D eigenvalue weighted by molar-refractivity contribution is 8.12. The Kier molecular flexibility index (Phi) is 10.2. The molecule has 3 rings (SSSR count). The highest BCUT2D eigenvalue weighted by atomic mass is 32.2. The molecule has 0 fully saturated rings. The van der Waals surface area contributed by atoms with Crippen LogP contribution in [0.5, 0.6) is 0 Å². The van der Waals surface area contributed by atoms with Gasteiger partial charge in [-0.2, -0.15) is 0 Å². The first-order valence-electron chi connectivity index (χ1n) is 10.4. The van der Waals surface area contributed by atoms with E-state index in [0.717, 1.165) is 35.4 Å². The standard InChI is InChI=1S/C24H27N3O2S3/c28-23(26-20-11-6-10-19(16-20)22-13-7-15-31-22)21(12-4-5-14-25-30)27-24(29)32-17-18-8-2-1-3-9-18/h1-3,6-11,13,15-16,21,25,30H,4-5,12,14,17H2,(H,26,28)(H,27,29). The second-order valence-electron chi connectivity index (χ2n) is 7.21. The lowest BCUT2D eigenvalue weighted by Crippen LogP contribution is -2.42. The van der Waals surface area contributed by atoms with Gasteiger partial charge in [-0.3, -0.25) is 14.3 Å². The molecule has 32 heavy (non-hydrogen) atoms. The van der Waals surface area contributed by atoms with E-state index in [0.29, 0.717) is 17.9 Å². The minimum absolute atomic E-state index is 0.200. The molecule has 8 heteroatoms. The third-order valence-corrected chi connectivity index (χ3v) is 6.79. The minimum Gasteiger partial charge on any atom is -0.335 e. The van der Waals surface area contributed by atoms with Crippen LogP contribution < -0.4 is 15.4 Å². The number of anilines is 1. The molecule has 0 spiro atoms. The van der Waals surface area contributed by atoms with Crippen molar-refractivity contribution in [2.24, 2.45) is 0 Å². The zero-order chi connectivity index (χ0) is 22.6. The predicted molar refractivity (Wildman–Crippen MR) is 139 cm³/mol. The summed E-state index contributed by atoms with van der Waals surface area (Å²) >= 11 is 6.83. The van der Waals surface area contributed by atoms with E-state index < -0.39 is 6.04 Å². The van der Waals surface area contributed by atoms with Crippen molar-refractivity contribution in [2.75, 3.05) is 11.9 Å². The lowest BCUT2D eigenvalue weighted by atomic mass is 10.1. The van der Waals surface area contributed by atoms with E-state index in [1.54, 1.807) is 11.3 Å². The van der Waals surface area contributed by atoms with Gasteiger partial charge in [0.25, 0.3) is 5.24 Å². The largest absolute Gasteiger partial charge is 0.335 e. The molecule has 0 bridgehead atoms. The summed E-state index contributed by atoms with van der Waals surface area (Å²) in [5.74, 6) is 0.355. The van der Waals surface area contributed by atoms with Crippen molar-refractivity contribution >= 4 is 52.7 Å². The summed E-state index contributed by atoms with van der Waals surface area (Å²) in [6.45, 7) is 0.747. The quantitative estimate of drug-likeness (QED) is 0.199. The number of unbranched alkanes of at least 4 members (excludes halogenated alkanes) is 1. The van der Waals surface area contributed by atoms with Crippen LogP contribution in [-0.2, 0) is 10.5 Å². The number of carbonyl (C=O) groups is 2. The normalized spacial score (nSPS) is 11.7. The summed E-state index contributed by atoms with van der Waals surface area (Å²) in [7, 11) is 0. The molecule has 0 aliphatic carbocycles. The third-order valence-electron chi connectivity index (χ3n) is 4.79. The molecule has 1 unspecified atom stereocenters. The molecule has 0 saturated heterocycles. The van der Waals surface area contributed by atoms with Crippen molar-refractivity contribution in [3.63, 3.8) is 0 Å². The lowest BCUT2D eigenvalue weighted by Gasteiger charge is -2.18. The van der Waals surface area contributed by atoms with E-state index in [1.165, 1.54) is 11.8 Å². The van der Waals surface area contributed by atoms with E-state index in [9.17, 15) is 9.59 Å². The van der Waals surface area contributed by atoms with Gasteiger partial charge in [0, 0.05) is 22.9 Å². The Hall–Kier alpha value is -2.26. The van der Waals surface area contributed by atoms with Crippen LogP contribution in [0.25, 0.3) is 10.4 Å². The summed E-state index contributed by atoms with van der Waals surface area (Å²) in [6, 6.07) is 21.0. The van der Waals surface area contributed by atoms with Gasteiger partial charge in [-0.25, -0.2) is 0 Å². The Morgan fingerprint density at radius 1 is 1.00 bits per heavy atom. The van der Waals surface area contributed by atoms with Gasteiger partial charge < -0.3 is 10.6 Å².